The first kappa shape index (κ1) is 11.6. The third kappa shape index (κ3) is 3.03. The van der Waals surface area contributed by atoms with E-state index in [4.69, 9.17) is 10.5 Å². The molecule has 2 unspecified atom stereocenters. The van der Waals surface area contributed by atoms with Gasteiger partial charge in [-0.1, -0.05) is 6.07 Å². The molecule has 2 N–H and O–H groups in total. The maximum Gasteiger partial charge on any atom is 0.0894 e. The molecule has 3 nitrogen and oxygen atoms in total. The Morgan fingerprint density at radius 2 is 2.38 bits per heavy atom. The number of aromatic nitrogens is 1. The van der Waals surface area contributed by atoms with Crippen molar-refractivity contribution >= 4 is 0 Å². The van der Waals surface area contributed by atoms with Gasteiger partial charge in [0.15, 0.2) is 0 Å². The number of aryl methyl sites for hydroxylation is 1. The highest BCUT2D eigenvalue weighted by molar-refractivity contribution is 5.16. The van der Waals surface area contributed by atoms with E-state index >= 15 is 0 Å². The topological polar surface area (TPSA) is 48.1 Å². The highest BCUT2D eigenvalue weighted by Crippen LogP contribution is 2.21. The molecule has 1 saturated carbocycles. The van der Waals surface area contributed by atoms with Gasteiger partial charge in [0.1, 0.15) is 0 Å². The summed E-state index contributed by atoms with van der Waals surface area (Å²) in [4.78, 5) is 4.33. The van der Waals surface area contributed by atoms with Gasteiger partial charge in [-0.25, -0.2) is 0 Å². The molecule has 1 fully saturated rings. The van der Waals surface area contributed by atoms with Crippen LogP contribution in [0.3, 0.4) is 0 Å². The number of hydrogen-bond acceptors (Lipinski definition) is 3. The van der Waals surface area contributed by atoms with Crippen molar-refractivity contribution < 1.29 is 4.74 Å². The molecule has 0 amide bonds. The summed E-state index contributed by atoms with van der Waals surface area (Å²) < 4.78 is 5.88. The predicted octanol–water partition coefficient (Wildman–Crippen LogP) is 2.18. The van der Waals surface area contributed by atoms with Crippen molar-refractivity contribution in [2.24, 2.45) is 5.73 Å². The zero-order valence-electron chi connectivity index (χ0n) is 9.86. The lowest BCUT2D eigenvalue weighted by Crippen LogP contribution is -2.32. The molecular weight excluding hydrogens is 200 g/mol. The molecule has 0 saturated heterocycles. The van der Waals surface area contributed by atoms with Crippen LogP contribution in [0.4, 0.5) is 0 Å². The molecule has 1 aromatic heterocycles. The van der Waals surface area contributed by atoms with E-state index in [9.17, 15) is 0 Å². The van der Waals surface area contributed by atoms with E-state index in [1.54, 1.807) is 0 Å². The molecule has 0 radical (unpaired) electrons. The minimum atomic E-state index is 0.323. The summed E-state index contributed by atoms with van der Waals surface area (Å²) in [5.41, 5.74) is 8.17. The summed E-state index contributed by atoms with van der Waals surface area (Å²) in [7, 11) is 0. The smallest absolute Gasteiger partial charge is 0.0894 e. The largest absolute Gasteiger partial charge is 0.372 e. The van der Waals surface area contributed by atoms with E-state index in [-0.39, 0.29) is 0 Å². The Morgan fingerprint density at radius 3 is 3.12 bits per heavy atom. The number of ether oxygens (including phenoxy) is 1. The van der Waals surface area contributed by atoms with Gasteiger partial charge in [-0.2, -0.15) is 0 Å². The Morgan fingerprint density at radius 1 is 1.50 bits per heavy atom. The van der Waals surface area contributed by atoms with Crippen molar-refractivity contribution in [2.45, 2.75) is 51.4 Å². The van der Waals surface area contributed by atoms with Crippen LogP contribution in [0.2, 0.25) is 0 Å². The van der Waals surface area contributed by atoms with E-state index in [0.717, 1.165) is 25.0 Å². The van der Waals surface area contributed by atoms with Gasteiger partial charge in [-0.3, -0.25) is 4.98 Å². The van der Waals surface area contributed by atoms with Gasteiger partial charge in [0.05, 0.1) is 18.4 Å². The fraction of sp³-hybridized carbons (Fsp3) is 0.615. The second-order valence-corrected chi connectivity index (χ2v) is 4.63. The van der Waals surface area contributed by atoms with Gasteiger partial charge in [0.25, 0.3) is 0 Å². The molecule has 1 heterocycles. The highest BCUT2D eigenvalue weighted by atomic mass is 16.5. The van der Waals surface area contributed by atoms with Crippen molar-refractivity contribution in [3.8, 4) is 0 Å². The second-order valence-electron chi connectivity index (χ2n) is 4.63. The minimum absolute atomic E-state index is 0.323. The summed E-state index contributed by atoms with van der Waals surface area (Å²) in [6.07, 6.45) is 6.60. The monoisotopic (exact) mass is 220 g/mol. The van der Waals surface area contributed by atoms with Gasteiger partial charge < -0.3 is 10.5 Å². The standard InChI is InChI=1S/C13H20N2O/c1-10-4-3-7-15-13(10)9-16-12-6-2-5-11(14)8-12/h3-4,7,11-12H,2,5-6,8-9,14H2,1H3. The van der Waals surface area contributed by atoms with Crippen molar-refractivity contribution in [1.29, 1.82) is 0 Å². The first-order chi connectivity index (χ1) is 7.75. The average Bonchev–Trinajstić information content (AvgIpc) is 2.28. The van der Waals surface area contributed by atoms with Crippen LogP contribution in [0.15, 0.2) is 18.3 Å². The maximum atomic E-state index is 5.93. The van der Waals surface area contributed by atoms with E-state index in [1.165, 1.54) is 12.0 Å². The molecule has 1 aromatic rings. The first-order valence-electron chi connectivity index (χ1n) is 6.03. The van der Waals surface area contributed by atoms with Crippen molar-refractivity contribution in [2.75, 3.05) is 0 Å². The van der Waals surface area contributed by atoms with E-state index in [2.05, 4.69) is 18.0 Å². The van der Waals surface area contributed by atoms with Gasteiger partial charge in [-0.05, 0) is 44.2 Å². The lowest BCUT2D eigenvalue weighted by molar-refractivity contribution is 0.0105. The van der Waals surface area contributed by atoms with E-state index in [0.29, 0.717) is 18.8 Å². The number of pyridine rings is 1. The Balaban J connectivity index is 1.85. The number of nitrogens with two attached hydrogens (primary N) is 1. The molecule has 1 aliphatic rings. The summed E-state index contributed by atoms with van der Waals surface area (Å²) in [6.45, 7) is 2.68. The fourth-order valence-electron chi connectivity index (χ4n) is 2.20. The Labute approximate surface area is 97.0 Å². The Kier molecular flexibility index (Phi) is 3.91. The highest BCUT2D eigenvalue weighted by Gasteiger charge is 2.19. The van der Waals surface area contributed by atoms with Crippen molar-refractivity contribution in [3.05, 3.63) is 29.6 Å². The van der Waals surface area contributed by atoms with Crippen molar-refractivity contribution in [3.63, 3.8) is 0 Å². The van der Waals surface area contributed by atoms with Gasteiger partial charge in [0, 0.05) is 12.2 Å². The predicted molar refractivity (Wildman–Crippen MR) is 64.0 cm³/mol. The van der Waals surface area contributed by atoms with Gasteiger partial charge in [0.2, 0.25) is 0 Å². The third-order valence-corrected chi connectivity index (χ3v) is 3.24. The molecule has 0 bridgehead atoms. The van der Waals surface area contributed by atoms with Crippen LogP contribution in [0.5, 0.6) is 0 Å². The number of rotatable bonds is 3. The second kappa shape index (κ2) is 5.41. The number of hydrogen-bond donors (Lipinski definition) is 1. The van der Waals surface area contributed by atoms with Crippen LogP contribution in [-0.2, 0) is 11.3 Å². The number of nitrogens with zero attached hydrogens (tertiary/aromatic N) is 1. The molecule has 2 atom stereocenters. The van der Waals surface area contributed by atoms with Crippen LogP contribution >= 0.6 is 0 Å². The Bertz CT molecular complexity index is 340. The van der Waals surface area contributed by atoms with Crippen LogP contribution in [0.1, 0.15) is 36.9 Å². The third-order valence-electron chi connectivity index (χ3n) is 3.24. The van der Waals surface area contributed by atoms with E-state index in [1.807, 2.05) is 12.3 Å². The molecule has 88 valence electrons. The molecule has 3 heteroatoms. The summed E-state index contributed by atoms with van der Waals surface area (Å²) in [5, 5.41) is 0. The molecule has 0 spiro atoms. The molecule has 1 aliphatic carbocycles. The molecule has 0 aromatic carbocycles. The SMILES string of the molecule is Cc1cccnc1COC1CCCC(N)C1. The van der Waals surface area contributed by atoms with Crippen LogP contribution in [0.25, 0.3) is 0 Å². The summed E-state index contributed by atoms with van der Waals surface area (Å²) >= 11 is 0. The lowest BCUT2D eigenvalue weighted by Gasteiger charge is -2.26. The van der Waals surface area contributed by atoms with Crippen LogP contribution in [-0.4, -0.2) is 17.1 Å². The molecule has 2 rings (SSSR count). The van der Waals surface area contributed by atoms with E-state index < -0.39 is 0 Å². The zero-order valence-corrected chi connectivity index (χ0v) is 9.86. The first-order valence-corrected chi connectivity index (χ1v) is 6.03. The molecule has 16 heavy (non-hydrogen) atoms. The van der Waals surface area contributed by atoms with Gasteiger partial charge >= 0.3 is 0 Å². The Hall–Kier alpha value is -0.930. The lowest BCUT2D eigenvalue weighted by atomic mass is 9.93. The normalized spacial score (nSPS) is 25.6. The molecular formula is C13H20N2O. The van der Waals surface area contributed by atoms with Crippen LogP contribution in [0, 0.1) is 6.92 Å². The average molecular weight is 220 g/mol. The van der Waals surface area contributed by atoms with Crippen LogP contribution < -0.4 is 5.73 Å². The minimum Gasteiger partial charge on any atom is -0.372 e. The zero-order chi connectivity index (χ0) is 11.4. The summed E-state index contributed by atoms with van der Waals surface area (Å²) in [6, 6.07) is 4.34. The summed E-state index contributed by atoms with van der Waals surface area (Å²) in [5.74, 6) is 0. The maximum absolute atomic E-state index is 5.93. The molecule has 0 aliphatic heterocycles. The van der Waals surface area contributed by atoms with Gasteiger partial charge in [-0.15, -0.1) is 0 Å². The van der Waals surface area contributed by atoms with Crippen molar-refractivity contribution in [1.82, 2.24) is 4.98 Å². The quantitative estimate of drug-likeness (QED) is 0.849. The fourth-order valence-corrected chi connectivity index (χ4v) is 2.20.